The molecule has 172 valence electrons. The van der Waals surface area contributed by atoms with Crippen LogP contribution >= 0.6 is 0 Å². The van der Waals surface area contributed by atoms with E-state index in [1.807, 2.05) is 0 Å². The molecule has 0 unspecified atom stereocenters. The Hall–Kier alpha value is -2.33. The van der Waals surface area contributed by atoms with Crippen molar-refractivity contribution in [3.63, 3.8) is 0 Å². The number of benzene rings is 2. The smallest absolute Gasteiger partial charge is 0.307 e. The van der Waals surface area contributed by atoms with Crippen LogP contribution in [-0.4, -0.2) is 35.2 Å². The SMILES string of the molecule is CC(C)(C)[C@H]1CC[C@H](Oc2ccc(-c3cccc(CN4CC[C@@H](C(=O)O)C4)c3)cc2)CC1. The Labute approximate surface area is 192 Å². The minimum atomic E-state index is -0.675. The van der Waals surface area contributed by atoms with Crippen molar-refractivity contribution in [2.24, 2.45) is 17.3 Å². The lowest BCUT2D eigenvalue weighted by atomic mass is 9.72. The maximum Gasteiger partial charge on any atom is 0.307 e. The van der Waals surface area contributed by atoms with Gasteiger partial charge in [0.15, 0.2) is 0 Å². The summed E-state index contributed by atoms with van der Waals surface area (Å²) in [6.45, 7) is 9.35. The first-order chi connectivity index (χ1) is 15.3. The van der Waals surface area contributed by atoms with E-state index in [1.165, 1.54) is 29.5 Å². The fourth-order valence-electron chi connectivity index (χ4n) is 5.25. The number of aliphatic carboxylic acids is 1. The molecule has 2 aromatic carbocycles. The topological polar surface area (TPSA) is 49.8 Å². The van der Waals surface area contributed by atoms with Crippen molar-refractivity contribution in [1.29, 1.82) is 0 Å². The first kappa shape index (κ1) is 22.8. The van der Waals surface area contributed by atoms with Gasteiger partial charge in [0.25, 0.3) is 0 Å². The predicted octanol–water partition coefficient (Wildman–Crippen LogP) is 6.24. The molecule has 0 aromatic heterocycles. The third-order valence-corrected chi connectivity index (χ3v) is 7.34. The van der Waals surface area contributed by atoms with Crippen LogP contribution < -0.4 is 4.74 Å². The number of nitrogens with zero attached hydrogens (tertiary/aromatic N) is 1. The number of carboxylic acids is 1. The summed E-state index contributed by atoms with van der Waals surface area (Å²) in [5.74, 6) is 0.855. The molecule has 1 saturated carbocycles. The molecule has 0 amide bonds. The molecule has 1 aliphatic heterocycles. The molecule has 0 bridgehead atoms. The summed E-state index contributed by atoms with van der Waals surface area (Å²) in [4.78, 5) is 13.4. The van der Waals surface area contributed by atoms with E-state index in [0.29, 0.717) is 18.1 Å². The Morgan fingerprint density at radius 1 is 1.00 bits per heavy atom. The Morgan fingerprint density at radius 2 is 1.72 bits per heavy atom. The highest BCUT2D eigenvalue weighted by Crippen LogP contribution is 2.39. The molecule has 4 nitrogen and oxygen atoms in total. The van der Waals surface area contributed by atoms with Gasteiger partial charge in [-0.1, -0.05) is 51.1 Å². The molecule has 2 aliphatic rings. The predicted molar refractivity (Wildman–Crippen MR) is 129 cm³/mol. The first-order valence-electron chi connectivity index (χ1n) is 12.1. The molecule has 1 heterocycles. The number of carbonyl (C=O) groups is 1. The fraction of sp³-hybridized carbons (Fsp3) is 0.536. The third kappa shape index (κ3) is 5.72. The average molecular weight is 436 g/mol. The van der Waals surface area contributed by atoms with Crippen molar-refractivity contribution in [3.8, 4) is 16.9 Å². The van der Waals surface area contributed by atoms with E-state index in [0.717, 1.165) is 44.0 Å². The van der Waals surface area contributed by atoms with E-state index in [9.17, 15) is 9.90 Å². The summed E-state index contributed by atoms with van der Waals surface area (Å²) < 4.78 is 6.29. The lowest BCUT2D eigenvalue weighted by Gasteiger charge is -2.36. The summed E-state index contributed by atoms with van der Waals surface area (Å²) in [5, 5.41) is 9.22. The van der Waals surface area contributed by atoms with Gasteiger partial charge in [-0.3, -0.25) is 9.69 Å². The number of likely N-dealkylation sites (tertiary alicyclic amines) is 1. The van der Waals surface area contributed by atoms with E-state index in [4.69, 9.17) is 4.74 Å². The molecule has 0 radical (unpaired) electrons. The molecular formula is C28H37NO3. The second-order valence-electron chi connectivity index (χ2n) is 10.7. The van der Waals surface area contributed by atoms with Crippen molar-refractivity contribution >= 4 is 5.97 Å². The normalized spacial score (nSPS) is 24.4. The maximum absolute atomic E-state index is 11.2. The Kier molecular flexibility index (Phi) is 6.90. The van der Waals surface area contributed by atoms with E-state index in [-0.39, 0.29) is 5.92 Å². The van der Waals surface area contributed by atoms with Gasteiger partial charge in [-0.2, -0.15) is 0 Å². The molecule has 32 heavy (non-hydrogen) atoms. The zero-order chi connectivity index (χ0) is 22.7. The maximum atomic E-state index is 11.2. The minimum Gasteiger partial charge on any atom is -0.490 e. The van der Waals surface area contributed by atoms with Crippen molar-refractivity contribution in [2.45, 2.75) is 65.5 Å². The zero-order valence-electron chi connectivity index (χ0n) is 19.7. The van der Waals surface area contributed by atoms with Gasteiger partial charge in [-0.05, 0) is 84.9 Å². The third-order valence-electron chi connectivity index (χ3n) is 7.34. The fourth-order valence-corrected chi connectivity index (χ4v) is 5.25. The molecule has 1 N–H and O–H groups in total. The van der Waals surface area contributed by atoms with Crippen LogP contribution in [0.5, 0.6) is 5.75 Å². The monoisotopic (exact) mass is 435 g/mol. The van der Waals surface area contributed by atoms with Crippen LogP contribution in [0.1, 0.15) is 58.4 Å². The second kappa shape index (κ2) is 9.66. The second-order valence-corrected chi connectivity index (χ2v) is 10.7. The van der Waals surface area contributed by atoms with Gasteiger partial charge >= 0.3 is 5.97 Å². The summed E-state index contributed by atoms with van der Waals surface area (Å²) in [6.07, 6.45) is 5.87. The molecule has 0 spiro atoms. The van der Waals surface area contributed by atoms with Crippen molar-refractivity contribution in [1.82, 2.24) is 4.90 Å². The van der Waals surface area contributed by atoms with Crippen LogP contribution in [-0.2, 0) is 11.3 Å². The molecule has 2 aromatic rings. The molecule has 4 heteroatoms. The first-order valence-corrected chi connectivity index (χ1v) is 12.1. The zero-order valence-corrected chi connectivity index (χ0v) is 19.7. The lowest BCUT2D eigenvalue weighted by molar-refractivity contribution is -0.141. The van der Waals surface area contributed by atoms with Gasteiger partial charge in [0.1, 0.15) is 5.75 Å². The summed E-state index contributed by atoms with van der Waals surface area (Å²) >= 11 is 0. The van der Waals surface area contributed by atoms with Gasteiger partial charge < -0.3 is 9.84 Å². The van der Waals surface area contributed by atoms with E-state index in [1.54, 1.807) is 0 Å². The standard InChI is InChI=1S/C28H37NO3/c1-28(2,3)24-9-13-26(14-10-24)32-25-11-7-21(8-12-25)22-6-4-5-20(17-22)18-29-16-15-23(19-29)27(30)31/h4-8,11-12,17,23-24,26H,9-10,13-16,18-19H2,1-3H3,(H,30,31)/t23-,24-,26-/m1/s1. The van der Waals surface area contributed by atoms with Gasteiger partial charge in [0.2, 0.25) is 0 Å². The van der Waals surface area contributed by atoms with E-state index in [2.05, 4.69) is 74.2 Å². The number of rotatable bonds is 6. The Balaban J connectivity index is 1.33. The number of hydrogen-bond acceptors (Lipinski definition) is 3. The van der Waals surface area contributed by atoms with Crippen molar-refractivity contribution in [3.05, 3.63) is 54.1 Å². The van der Waals surface area contributed by atoms with Gasteiger partial charge in [0, 0.05) is 13.1 Å². The van der Waals surface area contributed by atoms with Crippen LogP contribution in [0, 0.1) is 17.3 Å². The summed E-state index contributed by atoms with van der Waals surface area (Å²) in [5.41, 5.74) is 3.99. The van der Waals surface area contributed by atoms with Crippen LogP contribution in [0.3, 0.4) is 0 Å². The molecule has 4 rings (SSSR count). The molecule has 2 fully saturated rings. The summed E-state index contributed by atoms with van der Waals surface area (Å²) in [6, 6.07) is 17.0. The van der Waals surface area contributed by atoms with Gasteiger partial charge in [-0.25, -0.2) is 0 Å². The van der Waals surface area contributed by atoms with Crippen LogP contribution in [0.2, 0.25) is 0 Å². The molecule has 1 atom stereocenters. The molecular weight excluding hydrogens is 398 g/mol. The lowest BCUT2D eigenvalue weighted by Crippen LogP contribution is -2.30. The Morgan fingerprint density at radius 3 is 2.34 bits per heavy atom. The number of ether oxygens (including phenoxy) is 1. The molecule has 1 aliphatic carbocycles. The van der Waals surface area contributed by atoms with Crippen LogP contribution in [0.15, 0.2) is 48.5 Å². The number of carboxylic acid groups (broad SMARTS) is 1. The van der Waals surface area contributed by atoms with Crippen molar-refractivity contribution < 1.29 is 14.6 Å². The highest BCUT2D eigenvalue weighted by molar-refractivity contribution is 5.70. The van der Waals surface area contributed by atoms with Crippen LogP contribution in [0.25, 0.3) is 11.1 Å². The molecule has 1 saturated heterocycles. The Bertz CT molecular complexity index is 907. The van der Waals surface area contributed by atoms with Gasteiger partial charge in [0.05, 0.1) is 12.0 Å². The highest BCUT2D eigenvalue weighted by atomic mass is 16.5. The minimum absolute atomic E-state index is 0.228. The van der Waals surface area contributed by atoms with E-state index < -0.39 is 5.97 Å². The largest absolute Gasteiger partial charge is 0.490 e. The van der Waals surface area contributed by atoms with Crippen molar-refractivity contribution in [2.75, 3.05) is 13.1 Å². The average Bonchev–Trinajstić information content (AvgIpc) is 3.23. The van der Waals surface area contributed by atoms with Gasteiger partial charge in [-0.15, -0.1) is 0 Å². The van der Waals surface area contributed by atoms with E-state index >= 15 is 0 Å². The highest BCUT2D eigenvalue weighted by Gasteiger charge is 2.30. The van der Waals surface area contributed by atoms with Crippen LogP contribution in [0.4, 0.5) is 0 Å². The quantitative estimate of drug-likeness (QED) is 0.583. The summed E-state index contributed by atoms with van der Waals surface area (Å²) in [7, 11) is 0. The number of hydrogen-bond donors (Lipinski definition) is 1.